The van der Waals surface area contributed by atoms with Gasteiger partial charge in [0.2, 0.25) is 15.9 Å². The van der Waals surface area contributed by atoms with Gasteiger partial charge in [0.1, 0.15) is 5.75 Å². The Morgan fingerprint density at radius 3 is 2.54 bits per heavy atom. The van der Waals surface area contributed by atoms with Crippen LogP contribution in [-0.4, -0.2) is 57.3 Å². The zero-order valence-electron chi connectivity index (χ0n) is 15.3. The van der Waals surface area contributed by atoms with Crippen LogP contribution in [0.2, 0.25) is 0 Å². The fraction of sp³-hybridized carbons (Fsp3) is 0.421. The van der Waals surface area contributed by atoms with Crippen LogP contribution < -0.4 is 4.74 Å². The molecule has 1 saturated heterocycles. The highest BCUT2D eigenvalue weighted by Gasteiger charge is 2.32. The normalized spacial score (nSPS) is 18.1. The van der Waals surface area contributed by atoms with E-state index in [9.17, 15) is 13.2 Å². The maximum absolute atomic E-state index is 12.9. The van der Waals surface area contributed by atoms with Crippen molar-refractivity contribution < 1.29 is 17.9 Å². The van der Waals surface area contributed by atoms with Crippen LogP contribution in [0.1, 0.15) is 13.3 Å². The predicted molar refractivity (Wildman–Crippen MR) is 101 cm³/mol. The number of carbonyl (C=O) groups is 1. The summed E-state index contributed by atoms with van der Waals surface area (Å²) in [4.78, 5) is 13.9. The number of carbonyl (C=O) groups excluding carboxylic acids is 1. The molecule has 1 atom stereocenters. The molecule has 0 aliphatic carbocycles. The molecule has 0 spiro atoms. The quantitative estimate of drug-likeness (QED) is 0.776. The molecule has 0 N–H and O–H groups in total. The van der Waals surface area contributed by atoms with Crippen LogP contribution in [0.15, 0.2) is 41.3 Å². The fourth-order valence-electron chi connectivity index (χ4n) is 3.41. The molecule has 1 amide bonds. The lowest BCUT2D eigenvalue weighted by Crippen LogP contribution is -2.33. The first-order valence-corrected chi connectivity index (χ1v) is 10.1. The number of ether oxygens (including phenoxy) is 1. The van der Waals surface area contributed by atoms with Gasteiger partial charge in [0.05, 0.1) is 12.0 Å². The van der Waals surface area contributed by atoms with Crippen molar-refractivity contribution >= 4 is 26.7 Å². The summed E-state index contributed by atoms with van der Waals surface area (Å²) >= 11 is 0. The van der Waals surface area contributed by atoms with E-state index in [0.29, 0.717) is 26.1 Å². The molecule has 0 bridgehead atoms. The Bertz CT molecular complexity index is 926. The summed E-state index contributed by atoms with van der Waals surface area (Å²) in [5.74, 6) is 0.867. The molecule has 3 rings (SSSR count). The van der Waals surface area contributed by atoms with Gasteiger partial charge >= 0.3 is 0 Å². The minimum atomic E-state index is -3.60. The van der Waals surface area contributed by atoms with Gasteiger partial charge in [-0.1, -0.05) is 12.1 Å². The van der Waals surface area contributed by atoms with E-state index < -0.39 is 10.0 Å². The van der Waals surface area contributed by atoms with Crippen molar-refractivity contribution in [3.8, 4) is 5.75 Å². The SMILES string of the molecule is CCN1CC(CN(C)S(=O)(=O)c2ccc3cc(OC)ccc3c2)CC1=O. The maximum Gasteiger partial charge on any atom is 0.242 e. The third-order valence-electron chi connectivity index (χ3n) is 4.92. The predicted octanol–water partition coefficient (Wildman–Crippen LogP) is 2.34. The smallest absolute Gasteiger partial charge is 0.242 e. The molecule has 1 fully saturated rings. The first-order chi connectivity index (χ1) is 12.3. The van der Waals surface area contributed by atoms with E-state index in [1.165, 1.54) is 4.31 Å². The van der Waals surface area contributed by atoms with Gasteiger partial charge in [0.15, 0.2) is 0 Å². The summed E-state index contributed by atoms with van der Waals surface area (Å²) < 4.78 is 32.4. The average Bonchev–Trinajstić information content (AvgIpc) is 2.99. The van der Waals surface area contributed by atoms with Gasteiger partial charge < -0.3 is 9.64 Å². The van der Waals surface area contributed by atoms with Crippen LogP contribution in [-0.2, 0) is 14.8 Å². The van der Waals surface area contributed by atoms with E-state index >= 15 is 0 Å². The molecule has 140 valence electrons. The number of hydrogen-bond acceptors (Lipinski definition) is 4. The summed E-state index contributed by atoms with van der Waals surface area (Å²) in [5, 5.41) is 1.76. The molecule has 2 aromatic carbocycles. The maximum atomic E-state index is 12.9. The van der Waals surface area contributed by atoms with Gasteiger partial charge in [-0.15, -0.1) is 0 Å². The topological polar surface area (TPSA) is 66.9 Å². The number of nitrogens with zero attached hydrogens (tertiary/aromatic N) is 2. The standard InChI is InChI=1S/C19H24N2O4S/c1-4-21-13-14(9-19(21)22)12-20(2)26(23,24)18-8-6-15-10-17(25-3)7-5-16(15)11-18/h5-8,10-11,14H,4,9,12-13H2,1-3H3. The van der Waals surface area contributed by atoms with E-state index in [1.54, 1.807) is 37.3 Å². The van der Waals surface area contributed by atoms with E-state index in [2.05, 4.69) is 0 Å². The molecule has 2 aromatic rings. The molecular formula is C19H24N2O4S. The van der Waals surface area contributed by atoms with Gasteiger partial charge in [-0.2, -0.15) is 0 Å². The lowest BCUT2D eigenvalue weighted by atomic mass is 10.1. The molecule has 1 unspecified atom stereocenters. The molecule has 26 heavy (non-hydrogen) atoms. The highest BCUT2D eigenvalue weighted by atomic mass is 32.2. The number of amides is 1. The van der Waals surface area contributed by atoms with Crippen LogP contribution in [0.25, 0.3) is 10.8 Å². The van der Waals surface area contributed by atoms with Crippen molar-refractivity contribution in [3.05, 3.63) is 36.4 Å². The molecule has 0 saturated carbocycles. The Morgan fingerprint density at radius 1 is 1.19 bits per heavy atom. The largest absolute Gasteiger partial charge is 0.497 e. The van der Waals surface area contributed by atoms with Crippen LogP contribution >= 0.6 is 0 Å². The first kappa shape index (κ1) is 18.7. The Balaban J connectivity index is 1.80. The van der Waals surface area contributed by atoms with Gasteiger partial charge in [-0.05, 0) is 47.9 Å². The Morgan fingerprint density at radius 2 is 1.88 bits per heavy atom. The average molecular weight is 376 g/mol. The van der Waals surface area contributed by atoms with E-state index in [-0.39, 0.29) is 16.7 Å². The molecule has 7 heteroatoms. The first-order valence-electron chi connectivity index (χ1n) is 8.67. The van der Waals surface area contributed by atoms with Gasteiger partial charge in [-0.3, -0.25) is 4.79 Å². The lowest BCUT2D eigenvalue weighted by Gasteiger charge is -2.21. The van der Waals surface area contributed by atoms with Gasteiger partial charge in [0, 0.05) is 33.1 Å². The summed E-state index contributed by atoms with van der Waals surface area (Å²) in [6.07, 6.45) is 0.408. The zero-order valence-corrected chi connectivity index (χ0v) is 16.1. The minimum absolute atomic E-state index is 0.0342. The van der Waals surface area contributed by atoms with Gasteiger partial charge in [0.25, 0.3) is 0 Å². The highest BCUT2D eigenvalue weighted by Crippen LogP contribution is 2.26. The Kier molecular flexibility index (Phi) is 5.20. The number of sulfonamides is 1. The third kappa shape index (κ3) is 3.54. The van der Waals surface area contributed by atoms with Crippen molar-refractivity contribution in [1.82, 2.24) is 9.21 Å². The second-order valence-corrected chi connectivity index (χ2v) is 8.71. The number of rotatable bonds is 6. The Hall–Kier alpha value is -2.12. The fourth-order valence-corrected chi connectivity index (χ4v) is 4.70. The van der Waals surface area contributed by atoms with Crippen molar-refractivity contribution in [2.75, 3.05) is 33.8 Å². The summed E-state index contributed by atoms with van der Waals surface area (Å²) in [6.45, 7) is 3.56. The highest BCUT2D eigenvalue weighted by molar-refractivity contribution is 7.89. The lowest BCUT2D eigenvalue weighted by molar-refractivity contribution is -0.127. The summed E-state index contributed by atoms with van der Waals surface area (Å²) in [7, 11) is -0.427. The van der Waals surface area contributed by atoms with Crippen molar-refractivity contribution in [2.24, 2.45) is 5.92 Å². The second kappa shape index (κ2) is 7.25. The van der Waals surface area contributed by atoms with Crippen LogP contribution in [0.4, 0.5) is 0 Å². The molecule has 6 nitrogen and oxygen atoms in total. The van der Waals surface area contributed by atoms with E-state index in [1.807, 2.05) is 25.1 Å². The van der Waals surface area contributed by atoms with Crippen LogP contribution in [0, 0.1) is 5.92 Å². The minimum Gasteiger partial charge on any atom is -0.497 e. The van der Waals surface area contributed by atoms with Crippen molar-refractivity contribution in [1.29, 1.82) is 0 Å². The molecule has 0 radical (unpaired) electrons. The summed E-state index contributed by atoms with van der Waals surface area (Å²) in [5.41, 5.74) is 0. The third-order valence-corrected chi connectivity index (χ3v) is 6.74. The number of likely N-dealkylation sites (tertiary alicyclic amines) is 1. The van der Waals surface area contributed by atoms with Gasteiger partial charge in [-0.25, -0.2) is 12.7 Å². The van der Waals surface area contributed by atoms with E-state index in [0.717, 1.165) is 16.5 Å². The number of benzene rings is 2. The van der Waals surface area contributed by atoms with Crippen LogP contribution in [0.3, 0.4) is 0 Å². The second-order valence-electron chi connectivity index (χ2n) is 6.66. The number of methoxy groups -OCH3 is 1. The number of hydrogen-bond donors (Lipinski definition) is 0. The van der Waals surface area contributed by atoms with E-state index in [4.69, 9.17) is 4.74 Å². The van der Waals surface area contributed by atoms with Crippen molar-refractivity contribution in [2.45, 2.75) is 18.2 Å². The molecule has 1 heterocycles. The van der Waals surface area contributed by atoms with Crippen LogP contribution in [0.5, 0.6) is 5.75 Å². The molecule has 0 aromatic heterocycles. The molecule has 1 aliphatic rings. The molecular weight excluding hydrogens is 352 g/mol. The zero-order chi connectivity index (χ0) is 18.9. The summed E-state index contributed by atoms with van der Waals surface area (Å²) in [6, 6.07) is 10.6. The molecule has 1 aliphatic heterocycles. The monoisotopic (exact) mass is 376 g/mol. The number of fused-ring (bicyclic) bond motifs is 1. The Labute approximate surface area is 154 Å². The van der Waals surface area contributed by atoms with Crippen molar-refractivity contribution in [3.63, 3.8) is 0 Å².